The van der Waals surface area contributed by atoms with Crippen molar-refractivity contribution >= 4 is 16.9 Å². The minimum atomic E-state index is -0.331. The van der Waals surface area contributed by atoms with Crippen molar-refractivity contribution < 1.29 is 13.9 Å². The Morgan fingerprint density at radius 1 is 1.30 bits per heavy atom. The number of pyridine rings is 1. The van der Waals surface area contributed by atoms with Gasteiger partial charge in [-0.3, -0.25) is 4.79 Å². The molecule has 1 fully saturated rings. The Bertz CT molecular complexity index is 1090. The number of halogens is 1. The predicted molar refractivity (Wildman–Crippen MR) is 114 cm³/mol. The van der Waals surface area contributed by atoms with Gasteiger partial charge in [0.05, 0.1) is 18.5 Å². The summed E-state index contributed by atoms with van der Waals surface area (Å²) in [6.07, 6.45) is 5.44. The summed E-state index contributed by atoms with van der Waals surface area (Å²) in [5.41, 5.74) is 3.93. The van der Waals surface area contributed by atoms with Gasteiger partial charge in [0.15, 0.2) is 5.65 Å². The van der Waals surface area contributed by atoms with Crippen molar-refractivity contribution in [2.75, 3.05) is 7.11 Å². The average molecular weight is 410 g/mol. The van der Waals surface area contributed by atoms with Crippen LogP contribution in [0.15, 0.2) is 24.3 Å². The number of rotatable bonds is 6. The molecule has 0 aliphatic heterocycles. The first kappa shape index (κ1) is 20.3. The Hall–Kier alpha value is -2.96. The summed E-state index contributed by atoms with van der Waals surface area (Å²) in [5, 5.41) is 8.64. The summed E-state index contributed by atoms with van der Waals surface area (Å²) >= 11 is 0. The van der Waals surface area contributed by atoms with Gasteiger partial charge < -0.3 is 10.1 Å². The van der Waals surface area contributed by atoms with Crippen LogP contribution in [0.3, 0.4) is 0 Å². The predicted octanol–water partition coefficient (Wildman–Crippen LogP) is 4.18. The Kier molecular flexibility index (Phi) is 5.70. The van der Waals surface area contributed by atoms with Crippen molar-refractivity contribution in [3.63, 3.8) is 0 Å². The van der Waals surface area contributed by atoms with Crippen molar-refractivity contribution in [3.05, 3.63) is 46.9 Å². The van der Waals surface area contributed by atoms with E-state index in [2.05, 4.69) is 15.4 Å². The molecule has 0 bridgehead atoms. The van der Waals surface area contributed by atoms with Crippen molar-refractivity contribution in [1.29, 1.82) is 0 Å². The van der Waals surface area contributed by atoms with E-state index in [1.165, 1.54) is 25.0 Å². The highest BCUT2D eigenvalue weighted by Crippen LogP contribution is 2.32. The van der Waals surface area contributed by atoms with Crippen LogP contribution in [-0.2, 0) is 11.2 Å². The highest BCUT2D eigenvalue weighted by molar-refractivity contribution is 5.86. The maximum absolute atomic E-state index is 13.7. The number of aromatic nitrogens is 3. The number of fused-ring (bicyclic) bond motifs is 1. The second kappa shape index (κ2) is 8.42. The zero-order valence-electron chi connectivity index (χ0n) is 17.7. The Morgan fingerprint density at radius 3 is 2.77 bits per heavy atom. The molecule has 1 N–H and O–H groups in total. The highest BCUT2D eigenvalue weighted by atomic mass is 19.1. The Morgan fingerprint density at radius 2 is 2.07 bits per heavy atom. The number of methoxy groups -OCH3 is 1. The van der Waals surface area contributed by atoms with Crippen LogP contribution in [0.4, 0.5) is 4.39 Å². The third kappa shape index (κ3) is 3.88. The molecule has 2 aromatic heterocycles. The van der Waals surface area contributed by atoms with Crippen molar-refractivity contribution in [3.8, 4) is 11.6 Å². The van der Waals surface area contributed by atoms with Gasteiger partial charge in [-0.2, -0.15) is 10.1 Å². The SMILES string of the molecule is COc1nc2c(c(C)nn2-c2cccc(F)c2)c(C)c1CCC(=O)NC1CCCC1. The van der Waals surface area contributed by atoms with E-state index >= 15 is 0 Å². The molecule has 1 aliphatic carbocycles. The molecule has 3 aromatic rings. The minimum Gasteiger partial charge on any atom is -0.481 e. The largest absolute Gasteiger partial charge is 0.481 e. The lowest BCUT2D eigenvalue weighted by Gasteiger charge is -2.14. The summed E-state index contributed by atoms with van der Waals surface area (Å²) < 4.78 is 21.0. The lowest BCUT2D eigenvalue weighted by Crippen LogP contribution is -2.32. The van der Waals surface area contributed by atoms with Gasteiger partial charge >= 0.3 is 0 Å². The Balaban J connectivity index is 1.66. The molecular weight excluding hydrogens is 383 g/mol. The van der Waals surface area contributed by atoms with Gasteiger partial charge in [-0.1, -0.05) is 18.9 Å². The van der Waals surface area contributed by atoms with E-state index in [4.69, 9.17) is 4.74 Å². The molecule has 1 aromatic carbocycles. The van der Waals surface area contributed by atoms with Crippen molar-refractivity contribution in [2.45, 2.75) is 58.4 Å². The molecule has 0 atom stereocenters. The minimum absolute atomic E-state index is 0.0654. The lowest BCUT2D eigenvalue weighted by atomic mass is 10.0. The molecule has 0 radical (unpaired) electrons. The summed E-state index contributed by atoms with van der Waals surface area (Å²) in [4.78, 5) is 17.1. The number of amides is 1. The highest BCUT2D eigenvalue weighted by Gasteiger charge is 2.22. The maximum Gasteiger partial charge on any atom is 0.220 e. The monoisotopic (exact) mass is 410 g/mol. The molecule has 0 unspecified atom stereocenters. The maximum atomic E-state index is 13.7. The molecule has 0 spiro atoms. The summed E-state index contributed by atoms with van der Waals surface area (Å²) in [6, 6.07) is 6.58. The smallest absolute Gasteiger partial charge is 0.220 e. The molecule has 1 aliphatic rings. The second-order valence-electron chi connectivity index (χ2n) is 7.95. The zero-order chi connectivity index (χ0) is 21.3. The van der Waals surface area contributed by atoms with E-state index in [1.54, 1.807) is 23.9 Å². The molecule has 1 amide bonds. The number of carbonyl (C=O) groups is 1. The van der Waals surface area contributed by atoms with Crippen LogP contribution in [0.5, 0.6) is 5.88 Å². The van der Waals surface area contributed by atoms with Crippen molar-refractivity contribution in [1.82, 2.24) is 20.1 Å². The number of hydrogen-bond acceptors (Lipinski definition) is 4. The van der Waals surface area contributed by atoms with Crippen LogP contribution in [0.1, 0.15) is 48.9 Å². The summed E-state index contributed by atoms with van der Waals surface area (Å²) in [6.45, 7) is 3.91. The fourth-order valence-corrected chi connectivity index (χ4v) is 4.39. The lowest BCUT2D eigenvalue weighted by molar-refractivity contribution is -0.121. The first-order valence-corrected chi connectivity index (χ1v) is 10.5. The van der Waals surface area contributed by atoms with Crippen LogP contribution in [0, 0.1) is 19.7 Å². The third-order valence-electron chi connectivity index (χ3n) is 5.90. The quantitative estimate of drug-likeness (QED) is 0.662. The molecule has 1 saturated carbocycles. The number of ether oxygens (including phenoxy) is 1. The van der Waals surface area contributed by atoms with Gasteiger partial charge in [-0.05, 0) is 56.9 Å². The molecular formula is C23H27FN4O2. The molecule has 0 saturated heterocycles. The molecule has 6 nitrogen and oxygen atoms in total. The fourth-order valence-electron chi connectivity index (χ4n) is 4.39. The number of nitrogens with one attached hydrogen (secondary N) is 1. The Labute approximate surface area is 175 Å². The van der Waals surface area contributed by atoms with E-state index in [1.807, 2.05) is 13.8 Å². The second-order valence-corrected chi connectivity index (χ2v) is 7.95. The van der Waals surface area contributed by atoms with Gasteiger partial charge in [0.1, 0.15) is 5.82 Å². The average Bonchev–Trinajstić information content (AvgIpc) is 3.34. The first-order chi connectivity index (χ1) is 14.5. The zero-order valence-corrected chi connectivity index (χ0v) is 17.7. The normalized spacial score (nSPS) is 14.4. The van der Waals surface area contributed by atoms with Gasteiger partial charge in [0.2, 0.25) is 11.8 Å². The van der Waals surface area contributed by atoms with E-state index in [0.29, 0.717) is 36.1 Å². The molecule has 158 valence electrons. The first-order valence-electron chi connectivity index (χ1n) is 10.5. The van der Waals surface area contributed by atoms with Crippen molar-refractivity contribution in [2.24, 2.45) is 0 Å². The number of carbonyl (C=O) groups excluding carboxylic acids is 1. The van der Waals surface area contributed by atoms with Gasteiger partial charge in [0, 0.05) is 23.4 Å². The van der Waals surface area contributed by atoms with Gasteiger partial charge in [0.25, 0.3) is 0 Å². The van der Waals surface area contributed by atoms with Crippen LogP contribution in [0.25, 0.3) is 16.7 Å². The fraction of sp³-hybridized carbons (Fsp3) is 0.435. The van der Waals surface area contributed by atoms with E-state index in [-0.39, 0.29) is 11.7 Å². The topological polar surface area (TPSA) is 69.0 Å². The molecule has 4 rings (SSSR count). The molecule has 7 heteroatoms. The summed E-state index contributed by atoms with van der Waals surface area (Å²) in [5.74, 6) is 0.212. The van der Waals surface area contributed by atoms with Gasteiger partial charge in [-0.15, -0.1) is 0 Å². The van der Waals surface area contributed by atoms with Gasteiger partial charge in [-0.25, -0.2) is 9.07 Å². The molecule has 30 heavy (non-hydrogen) atoms. The number of aryl methyl sites for hydroxylation is 2. The van der Waals surface area contributed by atoms with Crippen LogP contribution in [-0.4, -0.2) is 33.8 Å². The molecule has 2 heterocycles. The van der Waals surface area contributed by atoms with E-state index in [9.17, 15) is 9.18 Å². The van der Waals surface area contributed by atoms with Crippen LogP contribution < -0.4 is 10.1 Å². The van der Waals surface area contributed by atoms with Crippen LogP contribution in [0.2, 0.25) is 0 Å². The van der Waals surface area contributed by atoms with E-state index < -0.39 is 0 Å². The number of hydrogen-bond donors (Lipinski definition) is 1. The van der Waals surface area contributed by atoms with Crippen LogP contribution >= 0.6 is 0 Å². The third-order valence-corrected chi connectivity index (χ3v) is 5.90. The summed E-state index contributed by atoms with van der Waals surface area (Å²) in [7, 11) is 1.57. The standard InChI is InChI=1S/C23H27FN4O2/c1-14-19(11-12-20(29)25-17-8-4-5-9-17)23(30-3)26-22-21(14)15(2)27-28(22)18-10-6-7-16(24)13-18/h6-7,10,13,17H,4-5,8-9,11-12H2,1-3H3,(H,25,29). The number of benzene rings is 1. The number of nitrogens with zero attached hydrogens (tertiary/aromatic N) is 3. The van der Waals surface area contributed by atoms with E-state index in [0.717, 1.165) is 35.0 Å².